The Labute approximate surface area is 170 Å². The van der Waals surface area contributed by atoms with Crippen LogP contribution in [0.3, 0.4) is 0 Å². The van der Waals surface area contributed by atoms with Gasteiger partial charge in [-0.25, -0.2) is 9.59 Å². The van der Waals surface area contributed by atoms with Crippen LogP contribution in [0.25, 0.3) is 6.08 Å². The van der Waals surface area contributed by atoms with Gasteiger partial charge in [0.25, 0.3) is 5.91 Å². The van der Waals surface area contributed by atoms with Crippen molar-refractivity contribution in [3.8, 4) is 11.5 Å². The highest BCUT2D eigenvalue weighted by Crippen LogP contribution is 2.29. The maximum absolute atomic E-state index is 11.8. The number of esters is 1. The van der Waals surface area contributed by atoms with E-state index in [0.717, 1.165) is 25.7 Å². The monoisotopic (exact) mass is 404 g/mol. The van der Waals surface area contributed by atoms with Crippen molar-refractivity contribution in [1.29, 1.82) is 0 Å². The molecule has 0 radical (unpaired) electrons. The summed E-state index contributed by atoms with van der Waals surface area (Å²) in [4.78, 5) is 35.2. The van der Waals surface area contributed by atoms with E-state index in [9.17, 15) is 14.4 Å². The standard InChI is InChI=1S/C21H28N2O6/c1-3-27-17-11-9-15(13-18(17)28-4-2)10-12-20(25)29-14-19(24)23-21(26)22-16-7-5-6-8-16/h9-13,16H,3-8,14H2,1-2H3,(H2,22,23,24,26)/b12-10+. The highest BCUT2D eigenvalue weighted by molar-refractivity contribution is 5.96. The van der Waals surface area contributed by atoms with E-state index in [1.54, 1.807) is 24.3 Å². The zero-order valence-electron chi connectivity index (χ0n) is 16.9. The summed E-state index contributed by atoms with van der Waals surface area (Å²) in [7, 11) is 0. The lowest BCUT2D eigenvalue weighted by molar-refractivity contribution is -0.143. The molecule has 3 amide bonds. The van der Waals surface area contributed by atoms with Gasteiger partial charge in [-0.15, -0.1) is 0 Å². The molecule has 2 rings (SSSR count). The van der Waals surface area contributed by atoms with Crippen molar-refractivity contribution in [1.82, 2.24) is 10.6 Å². The summed E-state index contributed by atoms with van der Waals surface area (Å²) in [6.45, 7) is 4.22. The van der Waals surface area contributed by atoms with Crippen LogP contribution >= 0.6 is 0 Å². The predicted molar refractivity (Wildman–Crippen MR) is 108 cm³/mol. The third kappa shape index (κ3) is 7.85. The highest BCUT2D eigenvalue weighted by Gasteiger charge is 2.18. The third-order valence-corrected chi connectivity index (χ3v) is 4.27. The average Bonchev–Trinajstić information content (AvgIpc) is 3.19. The molecule has 0 heterocycles. The maximum Gasteiger partial charge on any atom is 0.331 e. The zero-order chi connectivity index (χ0) is 21.1. The van der Waals surface area contributed by atoms with Crippen LogP contribution in [0, 0.1) is 0 Å². The lowest BCUT2D eigenvalue weighted by Crippen LogP contribution is -2.44. The molecule has 0 unspecified atom stereocenters. The molecule has 0 spiro atoms. The van der Waals surface area contributed by atoms with Crippen LogP contribution in [-0.4, -0.2) is 43.8 Å². The number of carbonyl (C=O) groups excluding carboxylic acids is 3. The smallest absolute Gasteiger partial charge is 0.331 e. The second-order valence-electron chi connectivity index (χ2n) is 6.52. The fourth-order valence-electron chi connectivity index (χ4n) is 2.97. The average molecular weight is 404 g/mol. The zero-order valence-corrected chi connectivity index (χ0v) is 16.9. The number of hydrogen-bond donors (Lipinski definition) is 2. The van der Waals surface area contributed by atoms with Gasteiger partial charge in [0.05, 0.1) is 13.2 Å². The summed E-state index contributed by atoms with van der Waals surface area (Å²) in [6.07, 6.45) is 6.73. The van der Waals surface area contributed by atoms with Crippen molar-refractivity contribution < 1.29 is 28.6 Å². The molecule has 1 aromatic carbocycles. The van der Waals surface area contributed by atoms with Crippen LogP contribution in [0.4, 0.5) is 4.79 Å². The van der Waals surface area contributed by atoms with Crippen molar-refractivity contribution in [2.75, 3.05) is 19.8 Å². The Morgan fingerprint density at radius 3 is 2.45 bits per heavy atom. The van der Waals surface area contributed by atoms with Gasteiger partial charge in [0.1, 0.15) is 0 Å². The number of carbonyl (C=O) groups is 3. The number of amides is 3. The molecule has 0 atom stereocenters. The summed E-state index contributed by atoms with van der Waals surface area (Å²) in [6, 6.07) is 4.82. The first-order chi connectivity index (χ1) is 14.0. The number of imide groups is 1. The number of urea groups is 1. The second kappa shape index (κ2) is 11.7. The molecule has 8 heteroatoms. The van der Waals surface area contributed by atoms with E-state index in [-0.39, 0.29) is 6.04 Å². The molecule has 8 nitrogen and oxygen atoms in total. The van der Waals surface area contributed by atoms with E-state index < -0.39 is 24.5 Å². The number of ether oxygens (including phenoxy) is 3. The van der Waals surface area contributed by atoms with E-state index in [1.807, 2.05) is 13.8 Å². The molecular formula is C21H28N2O6. The molecule has 0 aromatic heterocycles. The molecule has 0 aliphatic heterocycles. The first kappa shape index (κ1) is 22.3. The van der Waals surface area contributed by atoms with E-state index in [1.165, 1.54) is 6.08 Å². The van der Waals surface area contributed by atoms with Crippen LogP contribution in [0.2, 0.25) is 0 Å². The lowest BCUT2D eigenvalue weighted by Gasteiger charge is -2.12. The van der Waals surface area contributed by atoms with Gasteiger partial charge in [0, 0.05) is 12.1 Å². The van der Waals surface area contributed by atoms with Crippen LogP contribution in [0.1, 0.15) is 45.1 Å². The molecule has 1 fully saturated rings. The molecule has 1 saturated carbocycles. The summed E-state index contributed by atoms with van der Waals surface area (Å²) in [5, 5.41) is 4.88. The molecule has 0 bridgehead atoms. The SMILES string of the molecule is CCOc1ccc(/C=C/C(=O)OCC(=O)NC(=O)NC2CCCC2)cc1OCC. The third-order valence-electron chi connectivity index (χ3n) is 4.27. The minimum absolute atomic E-state index is 0.101. The minimum atomic E-state index is -0.691. The van der Waals surface area contributed by atoms with Gasteiger partial charge in [-0.05, 0) is 50.5 Å². The molecule has 1 aromatic rings. The molecule has 29 heavy (non-hydrogen) atoms. The van der Waals surface area contributed by atoms with E-state index in [0.29, 0.717) is 30.3 Å². The Kier molecular flexibility index (Phi) is 9.01. The second-order valence-corrected chi connectivity index (χ2v) is 6.52. The van der Waals surface area contributed by atoms with Crippen molar-refractivity contribution in [3.05, 3.63) is 29.8 Å². The van der Waals surface area contributed by atoms with Crippen molar-refractivity contribution >= 4 is 24.0 Å². The first-order valence-electron chi connectivity index (χ1n) is 9.86. The summed E-state index contributed by atoms with van der Waals surface area (Å²) in [5.74, 6) is -0.163. The summed E-state index contributed by atoms with van der Waals surface area (Å²) < 4.78 is 15.9. The fourth-order valence-corrected chi connectivity index (χ4v) is 2.97. The van der Waals surface area contributed by atoms with Gasteiger partial charge >= 0.3 is 12.0 Å². The molecule has 1 aliphatic carbocycles. The van der Waals surface area contributed by atoms with E-state index >= 15 is 0 Å². The normalized spacial score (nSPS) is 13.9. The van der Waals surface area contributed by atoms with Gasteiger partial charge in [-0.1, -0.05) is 18.9 Å². The highest BCUT2D eigenvalue weighted by atomic mass is 16.5. The number of nitrogens with one attached hydrogen (secondary N) is 2. The predicted octanol–water partition coefficient (Wildman–Crippen LogP) is 2.81. The Morgan fingerprint density at radius 1 is 1.07 bits per heavy atom. The largest absolute Gasteiger partial charge is 0.490 e. The van der Waals surface area contributed by atoms with Crippen molar-refractivity contribution in [2.24, 2.45) is 0 Å². The number of rotatable bonds is 9. The van der Waals surface area contributed by atoms with Gasteiger partial charge < -0.3 is 19.5 Å². The van der Waals surface area contributed by atoms with Crippen LogP contribution in [-0.2, 0) is 14.3 Å². The Hall–Kier alpha value is -3.03. The summed E-state index contributed by atoms with van der Waals surface area (Å²) >= 11 is 0. The van der Waals surface area contributed by atoms with Crippen LogP contribution in [0.15, 0.2) is 24.3 Å². The van der Waals surface area contributed by atoms with Crippen LogP contribution < -0.4 is 20.1 Å². The van der Waals surface area contributed by atoms with Gasteiger partial charge in [-0.2, -0.15) is 0 Å². The van der Waals surface area contributed by atoms with Gasteiger partial charge in [0.2, 0.25) is 0 Å². The topological polar surface area (TPSA) is 103 Å². The summed E-state index contributed by atoms with van der Waals surface area (Å²) in [5.41, 5.74) is 0.717. The number of hydrogen-bond acceptors (Lipinski definition) is 6. The van der Waals surface area contributed by atoms with E-state index in [2.05, 4.69) is 10.6 Å². The van der Waals surface area contributed by atoms with Crippen molar-refractivity contribution in [3.63, 3.8) is 0 Å². The quantitative estimate of drug-likeness (QED) is 0.485. The minimum Gasteiger partial charge on any atom is -0.490 e. The van der Waals surface area contributed by atoms with Gasteiger partial charge in [0.15, 0.2) is 18.1 Å². The molecular weight excluding hydrogens is 376 g/mol. The maximum atomic E-state index is 11.8. The molecule has 1 aliphatic rings. The molecule has 0 saturated heterocycles. The first-order valence-corrected chi connectivity index (χ1v) is 9.86. The van der Waals surface area contributed by atoms with E-state index in [4.69, 9.17) is 14.2 Å². The Bertz CT molecular complexity index is 741. The Balaban J connectivity index is 1.78. The van der Waals surface area contributed by atoms with Crippen LogP contribution in [0.5, 0.6) is 11.5 Å². The number of benzene rings is 1. The Morgan fingerprint density at radius 2 is 1.76 bits per heavy atom. The fraction of sp³-hybridized carbons (Fsp3) is 0.476. The molecule has 2 N–H and O–H groups in total. The lowest BCUT2D eigenvalue weighted by atomic mass is 10.2. The molecule has 158 valence electrons. The van der Waals surface area contributed by atoms with Crippen molar-refractivity contribution in [2.45, 2.75) is 45.6 Å². The van der Waals surface area contributed by atoms with Gasteiger partial charge in [-0.3, -0.25) is 10.1 Å².